The summed E-state index contributed by atoms with van der Waals surface area (Å²) in [5, 5.41) is 6.86. The van der Waals surface area contributed by atoms with Gasteiger partial charge in [0.25, 0.3) is 0 Å². The molecule has 1 fully saturated rings. The first kappa shape index (κ1) is 20.3. The normalized spacial score (nSPS) is 16.1. The second kappa shape index (κ2) is 8.32. The van der Waals surface area contributed by atoms with E-state index in [1.807, 2.05) is 6.92 Å². The molecule has 3 rings (SSSR count). The maximum Gasteiger partial charge on any atom is 0.317 e. The van der Waals surface area contributed by atoms with Gasteiger partial charge < -0.3 is 14.7 Å². The van der Waals surface area contributed by atoms with Gasteiger partial charge in [-0.3, -0.25) is 0 Å². The third-order valence-corrected chi connectivity index (χ3v) is 6.78. The summed E-state index contributed by atoms with van der Waals surface area (Å²) < 4.78 is 32.0. The molecule has 0 bridgehead atoms. The van der Waals surface area contributed by atoms with Crippen LogP contribution in [0, 0.1) is 13.8 Å². The van der Waals surface area contributed by atoms with Crippen LogP contribution in [-0.2, 0) is 16.6 Å². The third-order valence-electron chi connectivity index (χ3n) is 4.86. The van der Waals surface area contributed by atoms with E-state index in [4.69, 9.17) is 4.52 Å². The molecule has 8 nitrogen and oxygen atoms in total. The van der Waals surface area contributed by atoms with Gasteiger partial charge in [-0.2, -0.15) is 4.31 Å². The van der Waals surface area contributed by atoms with Crippen LogP contribution in [0.1, 0.15) is 29.9 Å². The molecular formula is C19H26N4O4S. The number of hydrogen-bond donors (Lipinski definition) is 1. The Labute approximate surface area is 165 Å². The molecule has 0 unspecified atom stereocenters. The van der Waals surface area contributed by atoms with Gasteiger partial charge in [0.2, 0.25) is 10.0 Å². The first-order chi connectivity index (χ1) is 13.3. The zero-order valence-electron chi connectivity index (χ0n) is 16.4. The molecule has 152 valence electrons. The van der Waals surface area contributed by atoms with E-state index in [9.17, 15) is 13.2 Å². The van der Waals surface area contributed by atoms with Crippen LogP contribution in [0.3, 0.4) is 0 Å². The summed E-state index contributed by atoms with van der Waals surface area (Å²) in [6.07, 6.45) is 1.15. The third kappa shape index (κ3) is 4.71. The predicted octanol–water partition coefficient (Wildman–Crippen LogP) is 2.29. The highest BCUT2D eigenvalue weighted by Crippen LogP contribution is 2.21. The molecule has 1 aromatic carbocycles. The van der Waals surface area contributed by atoms with Gasteiger partial charge in [0, 0.05) is 32.2 Å². The minimum Gasteiger partial charge on any atom is -0.361 e. The zero-order chi connectivity index (χ0) is 20.3. The summed E-state index contributed by atoms with van der Waals surface area (Å²) in [6, 6.07) is 8.40. The van der Waals surface area contributed by atoms with Gasteiger partial charge in [-0.15, -0.1) is 0 Å². The molecule has 2 heterocycles. The fourth-order valence-electron chi connectivity index (χ4n) is 3.19. The molecule has 2 amide bonds. The van der Waals surface area contributed by atoms with Gasteiger partial charge >= 0.3 is 6.03 Å². The number of carbonyl (C=O) groups is 1. The second-order valence-corrected chi connectivity index (χ2v) is 9.16. The predicted molar refractivity (Wildman–Crippen MR) is 104 cm³/mol. The van der Waals surface area contributed by atoms with E-state index in [1.54, 1.807) is 44.3 Å². The highest BCUT2D eigenvalue weighted by molar-refractivity contribution is 7.89. The number of piperidine rings is 1. The van der Waals surface area contributed by atoms with Crippen molar-refractivity contribution in [2.24, 2.45) is 0 Å². The second-order valence-electron chi connectivity index (χ2n) is 7.23. The number of aromatic nitrogens is 1. The minimum absolute atomic E-state index is 0.0570. The highest BCUT2D eigenvalue weighted by Gasteiger charge is 2.30. The number of urea groups is 1. The van der Waals surface area contributed by atoms with E-state index in [0.29, 0.717) is 48.8 Å². The SMILES string of the molecule is Cc1ccc(S(=O)(=O)N2CCC(NC(=O)N(C)Cc3cc(C)on3)CC2)cc1. The Bertz CT molecular complexity index is 916. The zero-order valence-corrected chi connectivity index (χ0v) is 17.2. The van der Waals surface area contributed by atoms with Crippen molar-refractivity contribution in [1.29, 1.82) is 0 Å². The van der Waals surface area contributed by atoms with Crippen molar-refractivity contribution in [2.75, 3.05) is 20.1 Å². The summed E-state index contributed by atoms with van der Waals surface area (Å²) in [7, 11) is -1.80. The van der Waals surface area contributed by atoms with Crippen LogP contribution < -0.4 is 5.32 Å². The monoisotopic (exact) mass is 406 g/mol. The van der Waals surface area contributed by atoms with Crippen LogP contribution in [0.15, 0.2) is 39.8 Å². The van der Waals surface area contributed by atoms with Crippen LogP contribution >= 0.6 is 0 Å². The molecule has 2 aromatic rings. The van der Waals surface area contributed by atoms with E-state index in [2.05, 4.69) is 10.5 Å². The molecule has 0 radical (unpaired) electrons. The number of sulfonamides is 1. The standard InChI is InChI=1S/C19H26N4O4S/c1-14-4-6-18(7-5-14)28(25,26)23-10-8-16(9-11-23)20-19(24)22(3)13-17-12-15(2)27-21-17/h4-7,12,16H,8-11,13H2,1-3H3,(H,20,24). The van der Waals surface area contributed by atoms with Crippen molar-refractivity contribution < 1.29 is 17.7 Å². The molecule has 0 aliphatic carbocycles. The molecule has 0 atom stereocenters. The first-order valence-corrected chi connectivity index (χ1v) is 10.7. The van der Waals surface area contributed by atoms with Crippen molar-refractivity contribution in [2.45, 2.75) is 44.2 Å². The van der Waals surface area contributed by atoms with Gasteiger partial charge in [0.15, 0.2) is 0 Å². The van der Waals surface area contributed by atoms with Crippen molar-refractivity contribution in [3.8, 4) is 0 Å². The van der Waals surface area contributed by atoms with Crippen molar-refractivity contribution in [3.63, 3.8) is 0 Å². The topological polar surface area (TPSA) is 95.8 Å². The lowest BCUT2D eigenvalue weighted by atomic mass is 10.1. The van der Waals surface area contributed by atoms with Gasteiger partial charge in [-0.05, 0) is 38.8 Å². The van der Waals surface area contributed by atoms with Gasteiger partial charge in [-0.25, -0.2) is 13.2 Å². The highest BCUT2D eigenvalue weighted by atomic mass is 32.2. The maximum absolute atomic E-state index is 12.8. The van der Waals surface area contributed by atoms with Gasteiger partial charge in [0.1, 0.15) is 11.5 Å². The van der Waals surface area contributed by atoms with Crippen LogP contribution in [0.5, 0.6) is 0 Å². The van der Waals surface area contributed by atoms with Gasteiger partial charge in [0.05, 0.1) is 11.4 Å². The molecule has 1 saturated heterocycles. The molecule has 1 aliphatic rings. The van der Waals surface area contributed by atoms with E-state index in [-0.39, 0.29) is 12.1 Å². The molecule has 0 saturated carbocycles. The summed E-state index contributed by atoms with van der Waals surface area (Å²) in [5.41, 5.74) is 1.71. The summed E-state index contributed by atoms with van der Waals surface area (Å²) >= 11 is 0. The minimum atomic E-state index is -3.49. The average molecular weight is 407 g/mol. The molecular weight excluding hydrogens is 380 g/mol. The van der Waals surface area contributed by atoms with Crippen molar-refractivity contribution >= 4 is 16.1 Å². The van der Waals surface area contributed by atoms with E-state index in [0.717, 1.165) is 5.56 Å². The maximum atomic E-state index is 12.8. The Hall–Kier alpha value is -2.39. The first-order valence-electron chi connectivity index (χ1n) is 9.26. The Morgan fingerprint density at radius 3 is 2.46 bits per heavy atom. The number of hydrogen-bond acceptors (Lipinski definition) is 5. The summed E-state index contributed by atoms with van der Waals surface area (Å²) in [5.74, 6) is 0.700. The van der Waals surface area contributed by atoms with E-state index in [1.165, 1.54) is 9.21 Å². The number of nitrogens with zero attached hydrogens (tertiary/aromatic N) is 3. The molecule has 9 heteroatoms. The summed E-state index contributed by atoms with van der Waals surface area (Å²) in [4.78, 5) is 14.2. The lowest BCUT2D eigenvalue weighted by Crippen LogP contribution is -2.49. The van der Waals surface area contributed by atoms with E-state index >= 15 is 0 Å². The van der Waals surface area contributed by atoms with E-state index < -0.39 is 10.0 Å². The largest absolute Gasteiger partial charge is 0.361 e. The van der Waals surface area contributed by atoms with Crippen molar-refractivity contribution in [3.05, 3.63) is 47.3 Å². The fraction of sp³-hybridized carbons (Fsp3) is 0.474. The average Bonchev–Trinajstić information content (AvgIpc) is 3.07. The number of carbonyl (C=O) groups excluding carboxylic acids is 1. The number of benzene rings is 1. The smallest absolute Gasteiger partial charge is 0.317 e. The van der Waals surface area contributed by atoms with Crippen LogP contribution in [-0.4, -0.2) is 55.0 Å². The Morgan fingerprint density at radius 1 is 1.25 bits per heavy atom. The fourth-order valence-corrected chi connectivity index (χ4v) is 4.66. The lowest BCUT2D eigenvalue weighted by molar-refractivity contribution is 0.194. The number of nitrogens with one attached hydrogen (secondary N) is 1. The Kier molecular flexibility index (Phi) is 6.04. The van der Waals surface area contributed by atoms with Crippen molar-refractivity contribution in [1.82, 2.24) is 19.7 Å². The van der Waals surface area contributed by atoms with Crippen LogP contribution in [0.4, 0.5) is 4.79 Å². The number of rotatable bonds is 5. The quantitative estimate of drug-likeness (QED) is 0.822. The number of amides is 2. The van der Waals surface area contributed by atoms with Gasteiger partial charge in [-0.1, -0.05) is 22.9 Å². The molecule has 28 heavy (non-hydrogen) atoms. The Morgan fingerprint density at radius 2 is 1.89 bits per heavy atom. The molecule has 0 spiro atoms. The summed E-state index contributed by atoms with van der Waals surface area (Å²) in [6.45, 7) is 4.84. The number of aryl methyl sites for hydroxylation is 2. The molecule has 1 N–H and O–H groups in total. The lowest BCUT2D eigenvalue weighted by Gasteiger charge is -2.32. The Balaban J connectivity index is 1.52. The van der Waals surface area contributed by atoms with Crippen LogP contribution in [0.25, 0.3) is 0 Å². The molecule has 1 aromatic heterocycles. The molecule has 1 aliphatic heterocycles. The van der Waals surface area contributed by atoms with Crippen LogP contribution in [0.2, 0.25) is 0 Å².